The van der Waals surface area contributed by atoms with E-state index >= 15 is 0 Å². The zero-order chi connectivity index (χ0) is 13.4. The van der Waals surface area contributed by atoms with Crippen molar-refractivity contribution in [1.29, 1.82) is 0 Å². The molecule has 0 fully saturated rings. The molecule has 6 heteroatoms. The molecular weight excluding hydrogens is 250 g/mol. The lowest BCUT2D eigenvalue weighted by Gasteiger charge is -2.07. The first-order valence-electron chi connectivity index (χ1n) is 6.39. The second-order valence-electron chi connectivity index (χ2n) is 4.11. The summed E-state index contributed by atoms with van der Waals surface area (Å²) in [6, 6.07) is 0. The van der Waals surface area contributed by atoms with Crippen molar-refractivity contribution in [3.8, 4) is 0 Å². The largest absolute Gasteiger partial charge is 0.466 e. The number of carbonyl (C=O) groups excluding carboxylic acids is 1. The van der Waals surface area contributed by atoms with E-state index in [0.717, 1.165) is 25.1 Å². The molecule has 1 aromatic heterocycles. The number of esters is 1. The molecule has 1 rings (SSSR count). The number of hydrogen-bond acceptors (Lipinski definition) is 5. The fourth-order valence-electron chi connectivity index (χ4n) is 1.46. The van der Waals surface area contributed by atoms with Crippen LogP contribution < -0.4 is 0 Å². The fraction of sp³-hybridized carbons (Fsp3) is 0.750. The lowest BCUT2D eigenvalue weighted by atomic mass is 10.2. The van der Waals surface area contributed by atoms with Gasteiger partial charge in [0, 0.05) is 11.7 Å². The van der Waals surface area contributed by atoms with Crippen LogP contribution in [0.1, 0.15) is 45.9 Å². The third-order valence-electron chi connectivity index (χ3n) is 2.34. The van der Waals surface area contributed by atoms with Gasteiger partial charge in [0.15, 0.2) is 0 Å². The average molecular weight is 271 g/mol. The number of carbonyl (C=O) groups is 1. The summed E-state index contributed by atoms with van der Waals surface area (Å²) in [4.78, 5) is 15.7. The van der Waals surface area contributed by atoms with Gasteiger partial charge in [0.1, 0.15) is 5.82 Å². The maximum Gasteiger partial charge on any atom is 0.306 e. The van der Waals surface area contributed by atoms with Crippen molar-refractivity contribution >= 4 is 17.7 Å². The van der Waals surface area contributed by atoms with Gasteiger partial charge in [-0.2, -0.15) is 0 Å². The number of ether oxygens (including phenoxy) is 1. The molecule has 1 unspecified atom stereocenters. The molecule has 0 aliphatic heterocycles. The first kappa shape index (κ1) is 15.0. The van der Waals surface area contributed by atoms with E-state index in [2.05, 4.69) is 22.1 Å². The van der Waals surface area contributed by atoms with Crippen LogP contribution in [-0.4, -0.2) is 33.0 Å². The Bertz CT molecular complexity index is 368. The van der Waals surface area contributed by atoms with Crippen LogP contribution in [-0.2, 0) is 16.0 Å². The van der Waals surface area contributed by atoms with E-state index in [0.29, 0.717) is 18.2 Å². The van der Waals surface area contributed by atoms with Gasteiger partial charge in [0.25, 0.3) is 0 Å². The second-order valence-corrected chi connectivity index (χ2v) is 5.51. The molecular formula is C12H21N3O2S. The van der Waals surface area contributed by atoms with Crippen LogP contribution in [0.3, 0.4) is 0 Å². The zero-order valence-electron chi connectivity index (χ0n) is 11.2. The van der Waals surface area contributed by atoms with Gasteiger partial charge in [-0.05, 0) is 13.3 Å². The highest BCUT2D eigenvalue weighted by Gasteiger charge is 2.14. The van der Waals surface area contributed by atoms with Gasteiger partial charge in [-0.3, -0.25) is 9.89 Å². The number of rotatable bonds is 8. The molecule has 1 aromatic rings. The van der Waals surface area contributed by atoms with Crippen molar-refractivity contribution in [1.82, 2.24) is 15.2 Å². The van der Waals surface area contributed by atoms with Crippen LogP contribution in [0, 0.1) is 0 Å². The van der Waals surface area contributed by atoms with Crippen LogP contribution in [0.5, 0.6) is 0 Å². The predicted molar refractivity (Wildman–Crippen MR) is 71.6 cm³/mol. The van der Waals surface area contributed by atoms with E-state index in [4.69, 9.17) is 4.74 Å². The summed E-state index contributed by atoms with van der Waals surface area (Å²) in [6.45, 7) is 6.36. The van der Waals surface area contributed by atoms with Crippen LogP contribution >= 0.6 is 11.8 Å². The minimum Gasteiger partial charge on any atom is -0.466 e. The number of thioether (sulfide) groups is 1. The van der Waals surface area contributed by atoms with Crippen molar-refractivity contribution in [2.24, 2.45) is 0 Å². The van der Waals surface area contributed by atoms with E-state index in [1.54, 1.807) is 0 Å². The van der Waals surface area contributed by atoms with Gasteiger partial charge in [-0.15, -0.1) is 5.10 Å². The average Bonchev–Trinajstić information content (AvgIpc) is 2.74. The van der Waals surface area contributed by atoms with Crippen LogP contribution in [0.2, 0.25) is 0 Å². The van der Waals surface area contributed by atoms with Gasteiger partial charge in [0.2, 0.25) is 5.16 Å². The van der Waals surface area contributed by atoms with Gasteiger partial charge in [-0.1, -0.05) is 32.0 Å². The minimum atomic E-state index is -0.167. The Kier molecular flexibility index (Phi) is 6.78. The maximum atomic E-state index is 11.3. The van der Waals surface area contributed by atoms with Crippen molar-refractivity contribution < 1.29 is 9.53 Å². The number of unbranched alkanes of at least 4 members (excludes halogenated alkanes) is 1. The molecule has 1 heterocycles. The molecule has 0 spiro atoms. The smallest absolute Gasteiger partial charge is 0.306 e. The summed E-state index contributed by atoms with van der Waals surface area (Å²) in [6.07, 6.45) is 3.56. The summed E-state index contributed by atoms with van der Waals surface area (Å²) in [5.74, 6) is 0.752. The monoisotopic (exact) mass is 271 g/mol. The van der Waals surface area contributed by atoms with Gasteiger partial charge in [0.05, 0.1) is 13.0 Å². The Morgan fingerprint density at radius 1 is 1.50 bits per heavy atom. The van der Waals surface area contributed by atoms with E-state index in [-0.39, 0.29) is 11.2 Å². The third-order valence-corrected chi connectivity index (χ3v) is 3.31. The van der Waals surface area contributed by atoms with E-state index in [1.807, 2.05) is 13.8 Å². The lowest BCUT2D eigenvalue weighted by Crippen LogP contribution is -2.10. The van der Waals surface area contributed by atoms with Crippen molar-refractivity contribution in [2.75, 3.05) is 6.61 Å². The topological polar surface area (TPSA) is 67.9 Å². The first-order valence-corrected chi connectivity index (χ1v) is 7.27. The number of aryl methyl sites for hydroxylation is 1. The summed E-state index contributed by atoms with van der Waals surface area (Å²) in [5, 5.41) is 7.89. The minimum absolute atomic E-state index is 0.124. The fourth-order valence-corrected chi connectivity index (χ4v) is 2.30. The highest BCUT2D eigenvalue weighted by atomic mass is 32.2. The number of aromatic nitrogens is 3. The molecule has 102 valence electrons. The van der Waals surface area contributed by atoms with E-state index in [9.17, 15) is 4.79 Å². The molecule has 18 heavy (non-hydrogen) atoms. The highest BCUT2D eigenvalue weighted by Crippen LogP contribution is 2.22. The van der Waals surface area contributed by atoms with Crippen molar-refractivity contribution in [2.45, 2.75) is 56.9 Å². The van der Waals surface area contributed by atoms with E-state index < -0.39 is 0 Å². The molecule has 5 nitrogen and oxygen atoms in total. The van der Waals surface area contributed by atoms with Gasteiger partial charge < -0.3 is 4.74 Å². The Hall–Kier alpha value is -1.04. The summed E-state index contributed by atoms with van der Waals surface area (Å²) < 4.78 is 4.91. The molecule has 0 aliphatic carbocycles. The highest BCUT2D eigenvalue weighted by molar-refractivity contribution is 7.99. The number of aromatic amines is 1. The number of nitrogens with one attached hydrogen (secondary N) is 1. The summed E-state index contributed by atoms with van der Waals surface area (Å²) >= 11 is 1.50. The maximum absolute atomic E-state index is 11.3. The molecule has 1 atom stereocenters. The SMILES string of the molecule is CCCCc1nc(SC(C)CC(=O)OCC)n[nH]1. The normalized spacial score (nSPS) is 12.4. The summed E-state index contributed by atoms with van der Waals surface area (Å²) in [5.41, 5.74) is 0. The molecule has 0 saturated heterocycles. The van der Waals surface area contributed by atoms with Gasteiger partial charge in [-0.25, -0.2) is 4.98 Å². The first-order chi connectivity index (χ1) is 8.65. The Morgan fingerprint density at radius 2 is 2.28 bits per heavy atom. The van der Waals surface area contributed by atoms with Crippen LogP contribution in [0.4, 0.5) is 0 Å². The van der Waals surface area contributed by atoms with Gasteiger partial charge >= 0.3 is 5.97 Å². The molecule has 0 aliphatic rings. The molecule has 0 amide bonds. The zero-order valence-corrected chi connectivity index (χ0v) is 12.0. The predicted octanol–water partition coefficient (Wildman–Crippen LogP) is 2.58. The molecule has 1 N–H and O–H groups in total. The number of nitrogens with zero attached hydrogens (tertiary/aromatic N) is 2. The number of H-pyrrole nitrogens is 1. The lowest BCUT2D eigenvalue weighted by molar-refractivity contribution is -0.142. The third kappa shape index (κ3) is 5.53. The van der Waals surface area contributed by atoms with Crippen molar-refractivity contribution in [3.63, 3.8) is 0 Å². The molecule has 0 bridgehead atoms. The summed E-state index contributed by atoms with van der Waals surface area (Å²) in [7, 11) is 0. The van der Waals surface area contributed by atoms with Crippen LogP contribution in [0.15, 0.2) is 5.16 Å². The second kappa shape index (κ2) is 8.13. The van der Waals surface area contributed by atoms with E-state index in [1.165, 1.54) is 11.8 Å². The Labute approximate surface area is 112 Å². The van der Waals surface area contributed by atoms with Crippen LogP contribution in [0.25, 0.3) is 0 Å². The molecule has 0 radical (unpaired) electrons. The number of hydrogen-bond donors (Lipinski definition) is 1. The standard InChI is InChI=1S/C12H21N3O2S/c1-4-6-7-10-13-12(15-14-10)18-9(3)8-11(16)17-5-2/h9H,4-8H2,1-3H3,(H,13,14,15). The Balaban J connectivity index is 2.37. The van der Waals surface area contributed by atoms with Crippen molar-refractivity contribution in [3.05, 3.63) is 5.82 Å². The molecule has 0 saturated carbocycles. The quantitative estimate of drug-likeness (QED) is 0.581. The Morgan fingerprint density at radius 3 is 2.94 bits per heavy atom. The molecule has 0 aromatic carbocycles.